The van der Waals surface area contributed by atoms with Crippen LogP contribution in [0.15, 0.2) is 40.3 Å². The van der Waals surface area contributed by atoms with E-state index in [1.54, 1.807) is 0 Å². The van der Waals surface area contributed by atoms with Gasteiger partial charge in [0.15, 0.2) is 5.78 Å². The van der Waals surface area contributed by atoms with Gasteiger partial charge < -0.3 is 10.2 Å². The number of rotatable bonds is 2. The summed E-state index contributed by atoms with van der Waals surface area (Å²) >= 11 is 0. The summed E-state index contributed by atoms with van der Waals surface area (Å²) in [6.07, 6.45) is 5.64. The zero-order chi connectivity index (χ0) is 20.0. The molecule has 0 radical (unpaired) electrons. The highest BCUT2D eigenvalue weighted by atomic mass is 16.1. The molecule has 1 aromatic carbocycles. The maximum absolute atomic E-state index is 13.3. The number of anilines is 2. The van der Waals surface area contributed by atoms with Gasteiger partial charge in [0, 0.05) is 36.7 Å². The number of aromatic amines is 1. The second-order valence-electron chi connectivity index (χ2n) is 8.34. The molecule has 1 aromatic heterocycles. The van der Waals surface area contributed by atoms with E-state index in [4.69, 9.17) is 4.98 Å². The van der Waals surface area contributed by atoms with Gasteiger partial charge in [0.25, 0.3) is 5.56 Å². The van der Waals surface area contributed by atoms with E-state index in [1.807, 2.05) is 25.1 Å². The van der Waals surface area contributed by atoms with E-state index in [0.717, 1.165) is 61.2 Å². The van der Waals surface area contributed by atoms with Crippen molar-refractivity contribution >= 4 is 17.5 Å². The molecule has 1 atom stereocenters. The number of fused-ring (bicyclic) bond motifs is 1. The van der Waals surface area contributed by atoms with Crippen LogP contribution >= 0.6 is 0 Å². The van der Waals surface area contributed by atoms with Crippen molar-refractivity contribution in [3.63, 3.8) is 0 Å². The topological polar surface area (TPSA) is 78.1 Å². The summed E-state index contributed by atoms with van der Waals surface area (Å²) in [6, 6.07) is 8.11. The molecule has 0 bridgehead atoms. The molecule has 0 spiro atoms. The highest BCUT2D eigenvalue weighted by Crippen LogP contribution is 2.43. The van der Waals surface area contributed by atoms with Crippen LogP contribution < -0.4 is 15.8 Å². The Morgan fingerprint density at radius 3 is 2.69 bits per heavy atom. The van der Waals surface area contributed by atoms with Crippen molar-refractivity contribution in [1.29, 1.82) is 0 Å². The molecule has 3 heterocycles. The molecule has 1 saturated heterocycles. The van der Waals surface area contributed by atoms with E-state index in [1.165, 1.54) is 6.42 Å². The molecule has 5 rings (SSSR count). The number of ketones is 1. The first-order chi connectivity index (χ1) is 14.1. The molecule has 150 valence electrons. The van der Waals surface area contributed by atoms with Gasteiger partial charge in [0.2, 0.25) is 5.95 Å². The number of nitrogens with zero attached hydrogens (tertiary/aromatic N) is 2. The van der Waals surface area contributed by atoms with Crippen LogP contribution in [0.1, 0.15) is 61.1 Å². The maximum Gasteiger partial charge on any atom is 0.258 e. The summed E-state index contributed by atoms with van der Waals surface area (Å²) in [5.74, 6) is 1.01. The predicted molar refractivity (Wildman–Crippen MR) is 113 cm³/mol. The molecule has 6 heteroatoms. The normalized spacial score (nSPS) is 21.5. The van der Waals surface area contributed by atoms with Crippen LogP contribution in [0.2, 0.25) is 0 Å². The lowest BCUT2D eigenvalue weighted by molar-refractivity contribution is -0.116. The van der Waals surface area contributed by atoms with Crippen LogP contribution in [0.3, 0.4) is 0 Å². The third kappa shape index (κ3) is 3.16. The minimum absolute atomic E-state index is 0.135. The lowest BCUT2D eigenvalue weighted by atomic mass is 9.76. The van der Waals surface area contributed by atoms with Crippen LogP contribution in [0.4, 0.5) is 11.8 Å². The molecule has 0 saturated carbocycles. The summed E-state index contributed by atoms with van der Waals surface area (Å²) in [4.78, 5) is 36.2. The molecule has 1 aliphatic carbocycles. The number of carbonyl (C=O) groups is 1. The van der Waals surface area contributed by atoms with Crippen molar-refractivity contribution in [2.45, 2.75) is 51.4 Å². The van der Waals surface area contributed by atoms with Gasteiger partial charge in [0.1, 0.15) is 5.82 Å². The zero-order valence-electron chi connectivity index (χ0n) is 16.8. The molecule has 0 unspecified atom stereocenters. The number of carbonyl (C=O) groups excluding carboxylic acids is 1. The van der Waals surface area contributed by atoms with Crippen molar-refractivity contribution in [3.8, 4) is 0 Å². The smallest absolute Gasteiger partial charge is 0.258 e. The minimum Gasteiger partial charge on any atom is -0.343 e. The largest absolute Gasteiger partial charge is 0.343 e. The highest BCUT2D eigenvalue weighted by Gasteiger charge is 2.38. The monoisotopic (exact) mass is 390 g/mol. The Bertz CT molecular complexity index is 1060. The van der Waals surface area contributed by atoms with Crippen LogP contribution in [-0.4, -0.2) is 28.8 Å². The lowest BCUT2D eigenvalue weighted by Crippen LogP contribution is -2.36. The van der Waals surface area contributed by atoms with E-state index < -0.39 is 0 Å². The predicted octanol–water partition coefficient (Wildman–Crippen LogP) is 3.63. The number of aryl methyl sites for hydroxylation is 1. The fourth-order valence-corrected chi connectivity index (χ4v) is 4.89. The average Bonchev–Trinajstić information content (AvgIpc) is 2.73. The summed E-state index contributed by atoms with van der Waals surface area (Å²) in [6.45, 7) is 3.86. The molecule has 6 nitrogen and oxygen atoms in total. The summed E-state index contributed by atoms with van der Waals surface area (Å²) in [5.41, 5.74) is 4.18. The van der Waals surface area contributed by atoms with Crippen LogP contribution in [0, 0.1) is 6.92 Å². The first-order valence-corrected chi connectivity index (χ1v) is 10.6. The fraction of sp³-hybridized carbons (Fsp3) is 0.435. The second-order valence-corrected chi connectivity index (χ2v) is 8.34. The molecule has 2 N–H and O–H groups in total. The number of aromatic nitrogens is 2. The number of Topliss-reactive ketones (excluding diaryl/α,β-unsaturated/α-hetero) is 1. The number of benzene rings is 1. The van der Waals surface area contributed by atoms with Crippen molar-refractivity contribution in [3.05, 3.63) is 62.6 Å². The van der Waals surface area contributed by atoms with Gasteiger partial charge in [-0.25, -0.2) is 0 Å². The molecule has 1 fully saturated rings. The molecular weight excluding hydrogens is 364 g/mol. The average molecular weight is 390 g/mol. The first-order valence-electron chi connectivity index (χ1n) is 10.6. The quantitative estimate of drug-likeness (QED) is 0.819. The number of nitrogens with one attached hydrogen (secondary N) is 2. The SMILES string of the molecule is Cc1cccc([C@H]2C3=C(CCCC3=O)Nc3nc(N4CCCCC4)[nH]c(=O)c32)c1. The van der Waals surface area contributed by atoms with Gasteiger partial charge in [-0.15, -0.1) is 0 Å². The Hall–Kier alpha value is -2.89. The Labute approximate surface area is 170 Å². The van der Waals surface area contributed by atoms with Gasteiger partial charge >= 0.3 is 0 Å². The van der Waals surface area contributed by atoms with Crippen LogP contribution in [-0.2, 0) is 4.79 Å². The number of hydrogen-bond donors (Lipinski definition) is 2. The molecule has 3 aliphatic rings. The Balaban J connectivity index is 1.68. The summed E-state index contributed by atoms with van der Waals surface area (Å²) in [5, 5.41) is 3.37. The van der Waals surface area contributed by atoms with Crippen molar-refractivity contribution in [1.82, 2.24) is 9.97 Å². The lowest BCUT2D eigenvalue weighted by Gasteiger charge is -2.34. The van der Waals surface area contributed by atoms with Gasteiger partial charge in [0.05, 0.1) is 5.56 Å². The summed E-state index contributed by atoms with van der Waals surface area (Å²) in [7, 11) is 0. The number of hydrogen-bond acceptors (Lipinski definition) is 5. The third-order valence-corrected chi connectivity index (χ3v) is 6.28. The first kappa shape index (κ1) is 18.2. The van der Waals surface area contributed by atoms with Crippen LogP contribution in [0.5, 0.6) is 0 Å². The highest BCUT2D eigenvalue weighted by molar-refractivity contribution is 6.00. The second kappa shape index (κ2) is 7.17. The van der Waals surface area contributed by atoms with Crippen molar-refractivity contribution in [2.24, 2.45) is 0 Å². The number of H-pyrrole nitrogens is 1. The number of allylic oxidation sites excluding steroid dienone is 2. The molecule has 29 heavy (non-hydrogen) atoms. The van der Waals surface area contributed by atoms with Crippen LogP contribution in [0.25, 0.3) is 0 Å². The molecule has 2 aliphatic heterocycles. The van der Waals surface area contributed by atoms with Gasteiger partial charge in [-0.05, 0) is 44.6 Å². The van der Waals surface area contributed by atoms with Crippen molar-refractivity contribution < 1.29 is 4.79 Å². The standard InChI is InChI=1S/C23H26N4O2/c1-14-7-5-8-15(13-14)18-19-16(9-6-10-17(19)28)24-21-20(18)22(29)26-23(25-21)27-11-3-2-4-12-27/h5,7-8,13,18H,2-4,6,9-12H2,1H3,(H2,24,25,26,29)/t18-/m0/s1. The maximum atomic E-state index is 13.3. The molecule has 0 amide bonds. The Morgan fingerprint density at radius 1 is 1.07 bits per heavy atom. The molecular formula is C23H26N4O2. The van der Waals surface area contributed by atoms with Gasteiger partial charge in [-0.3, -0.25) is 14.6 Å². The third-order valence-electron chi connectivity index (χ3n) is 6.28. The van der Waals surface area contributed by atoms with Crippen molar-refractivity contribution in [2.75, 3.05) is 23.3 Å². The van der Waals surface area contributed by atoms with E-state index in [0.29, 0.717) is 23.8 Å². The van der Waals surface area contributed by atoms with Gasteiger partial charge in [-0.2, -0.15) is 4.98 Å². The van der Waals surface area contributed by atoms with Gasteiger partial charge in [-0.1, -0.05) is 29.8 Å². The van der Waals surface area contributed by atoms with E-state index >= 15 is 0 Å². The van der Waals surface area contributed by atoms with E-state index in [2.05, 4.69) is 21.3 Å². The van der Waals surface area contributed by atoms with E-state index in [-0.39, 0.29) is 17.3 Å². The van der Waals surface area contributed by atoms with E-state index in [9.17, 15) is 9.59 Å². The molecule has 2 aromatic rings. The summed E-state index contributed by atoms with van der Waals surface area (Å²) < 4.78 is 0. The zero-order valence-corrected chi connectivity index (χ0v) is 16.8. The number of piperidine rings is 1. The minimum atomic E-state index is -0.361. The Morgan fingerprint density at radius 2 is 1.90 bits per heavy atom. The Kier molecular flexibility index (Phi) is 4.49. The fourth-order valence-electron chi connectivity index (χ4n) is 4.89.